The third kappa shape index (κ3) is 5.48. The molecule has 1 N–H and O–H groups in total. The van der Waals surface area contributed by atoms with E-state index in [4.69, 9.17) is 0 Å². The lowest BCUT2D eigenvalue weighted by atomic mass is 9.91. The largest absolute Gasteiger partial charge is 0.353 e. The molecule has 0 unspecified atom stereocenters. The summed E-state index contributed by atoms with van der Waals surface area (Å²) in [6.45, 7) is 9.23. The van der Waals surface area contributed by atoms with Crippen LogP contribution < -0.4 is 5.32 Å². The predicted octanol–water partition coefficient (Wildman–Crippen LogP) is 3.61. The van der Waals surface area contributed by atoms with E-state index in [1.807, 2.05) is 18.4 Å². The van der Waals surface area contributed by atoms with Gasteiger partial charge in [0.15, 0.2) is 0 Å². The number of rotatable bonds is 7. The Balaban J connectivity index is 1.98. The van der Waals surface area contributed by atoms with Gasteiger partial charge in [0.2, 0.25) is 15.9 Å². The molecule has 0 aliphatic carbocycles. The number of sulfonamides is 1. The van der Waals surface area contributed by atoms with Crippen LogP contribution in [0.5, 0.6) is 0 Å². The van der Waals surface area contributed by atoms with Gasteiger partial charge in [-0.3, -0.25) is 4.79 Å². The molecule has 1 heterocycles. The molecular formula is C20H32N2O3S2. The van der Waals surface area contributed by atoms with Crippen LogP contribution >= 0.6 is 11.8 Å². The highest BCUT2D eigenvalue weighted by Gasteiger charge is 2.33. The second-order valence-corrected chi connectivity index (χ2v) is 10.7. The molecule has 7 heteroatoms. The van der Waals surface area contributed by atoms with Crippen LogP contribution in [0, 0.1) is 17.8 Å². The van der Waals surface area contributed by atoms with Crippen LogP contribution in [0.4, 0.5) is 0 Å². The summed E-state index contributed by atoms with van der Waals surface area (Å²) in [5.41, 5.74) is 0. The van der Waals surface area contributed by atoms with E-state index < -0.39 is 10.0 Å². The van der Waals surface area contributed by atoms with Crippen LogP contribution in [-0.2, 0) is 14.8 Å². The Bertz CT molecular complexity index is 714. The first-order chi connectivity index (χ1) is 12.7. The molecule has 27 heavy (non-hydrogen) atoms. The second-order valence-electron chi connectivity index (χ2n) is 7.88. The number of carbonyl (C=O) groups excluding carboxylic acids is 1. The Hall–Kier alpha value is -1.05. The van der Waals surface area contributed by atoms with Gasteiger partial charge in [-0.15, -0.1) is 11.8 Å². The van der Waals surface area contributed by atoms with E-state index in [2.05, 4.69) is 33.0 Å². The molecule has 0 bridgehead atoms. The minimum atomic E-state index is -3.49. The molecular weight excluding hydrogens is 380 g/mol. The van der Waals surface area contributed by atoms with Gasteiger partial charge in [-0.1, -0.05) is 27.7 Å². The fourth-order valence-corrected chi connectivity index (χ4v) is 5.52. The number of hydrogen-bond acceptors (Lipinski definition) is 4. The molecule has 0 radical (unpaired) electrons. The molecule has 152 valence electrons. The van der Waals surface area contributed by atoms with Crippen LogP contribution in [0.25, 0.3) is 0 Å². The first-order valence-corrected chi connectivity index (χ1v) is 12.3. The molecule has 0 atom stereocenters. The van der Waals surface area contributed by atoms with Gasteiger partial charge in [0, 0.05) is 29.9 Å². The van der Waals surface area contributed by atoms with Gasteiger partial charge in [-0.25, -0.2) is 8.42 Å². The topological polar surface area (TPSA) is 66.5 Å². The molecule has 1 saturated heterocycles. The predicted molar refractivity (Wildman–Crippen MR) is 111 cm³/mol. The van der Waals surface area contributed by atoms with E-state index in [0.717, 1.165) is 4.90 Å². The monoisotopic (exact) mass is 412 g/mol. The zero-order valence-corrected chi connectivity index (χ0v) is 18.6. The van der Waals surface area contributed by atoms with Gasteiger partial charge in [0.1, 0.15) is 0 Å². The number of carbonyl (C=O) groups is 1. The van der Waals surface area contributed by atoms with Crippen LogP contribution in [0.1, 0.15) is 40.5 Å². The number of benzene rings is 1. The molecule has 1 amide bonds. The van der Waals surface area contributed by atoms with E-state index in [1.165, 1.54) is 4.31 Å². The van der Waals surface area contributed by atoms with Crippen LogP contribution in [-0.4, -0.2) is 44.0 Å². The standard InChI is InChI=1S/C20H32N2O3S2/c1-14(2)19(15(3)4)21-20(23)16-10-12-22(13-11-16)27(24,25)18-8-6-17(26-5)7-9-18/h6-9,14-16,19H,10-13H2,1-5H3,(H,21,23). The van der Waals surface area contributed by atoms with E-state index in [9.17, 15) is 13.2 Å². The number of hydrogen-bond donors (Lipinski definition) is 1. The van der Waals surface area contributed by atoms with E-state index >= 15 is 0 Å². The lowest BCUT2D eigenvalue weighted by Gasteiger charge is -2.33. The lowest BCUT2D eigenvalue weighted by molar-refractivity contribution is -0.127. The summed E-state index contributed by atoms with van der Waals surface area (Å²) < 4.78 is 27.2. The third-order valence-electron chi connectivity index (χ3n) is 5.27. The molecule has 0 spiro atoms. The highest BCUT2D eigenvalue weighted by atomic mass is 32.2. The highest BCUT2D eigenvalue weighted by molar-refractivity contribution is 7.98. The number of piperidine rings is 1. The maximum absolute atomic E-state index is 12.8. The summed E-state index contributed by atoms with van der Waals surface area (Å²) in [5, 5.41) is 3.17. The Morgan fingerprint density at radius 1 is 1.07 bits per heavy atom. The number of nitrogens with one attached hydrogen (secondary N) is 1. The van der Waals surface area contributed by atoms with Crippen molar-refractivity contribution in [3.8, 4) is 0 Å². The van der Waals surface area contributed by atoms with Crippen LogP contribution in [0.3, 0.4) is 0 Å². The summed E-state index contributed by atoms with van der Waals surface area (Å²) in [7, 11) is -3.49. The molecule has 5 nitrogen and oxygen atoms in total. The third-order valence-corrected chi connectivity index (χ3v) is 7.92. The summed E-state index contributed by atoms with van der Waals surface area (Å²) in [6, 6.07) is 7.13. The fourth-order valence-electron chi connectivity index (χ4n) is 3.64. The average Bonchev–Trinajstić information content (AvgIpc) is 2.65. The Kier molecular flexibility index (Phi) is 7.77. The van der Waals surface area contributed by atoms with E-state index in [0.29, 0.717) is 42.7 Å². The van der Waals surface area contributed by atoms with Gasteiger partial charge in [-0.05, 0) is 55.2 Å². The molecule has 1 aliphatic heterocycles. The van der Waals surface area contributed by atoms with Gasteiger partial charge >= 0.3 is 0 Å². The SMILES string of the molecule is CSc1ccc(S(=O)(=O)N2CCC(C(=O)NC(C(C)C)C(C)C)CC2)cc1. The van der Waals surface area contributed by atoms with Crippen molar-refractivity contribution in [2.24, 2.45) is 17.8 Å². The zero-order valence-electron chi connectivity index (χ0n) is 16.9. The normalized spacial score (nSPS) is 17.0. The number of amides is 1. The Morgan fingerprint density at radius 2 is 1.59 bits per heavy atom. The van der Waals surface area contributed by atoms with Crippen LogP contribution in [0.2, 0.25) is 0 Å². The van der Waals surface area contributed by atoms with Gasteiger partial charge in [-0.2, -0.15) is 4.31 Å². The molecule has 0 aromatic heterocycles. The highest BCUT2D eigenvalue weighted by Crippen LogP contribution is 2.26. The minimum Gasteiger partial charge on any atom is -0.353 e. The summed E-state index contributed by atoms with van der Waals surface area (Å²) in [4.78, 5) is 14.0. The van der Waals surface area contributed by atoms with Crippen molar-refractivity contribution in [1.82, 2.24) is 9.62 Å². The van der Waals surface area contributed by atoms with Crippen molar-refractivity contribution >= 4 is 27.7 Å². The Labute approximate surface area is 168 Å². The summed E-state index contributed by atoms with van der Waals surface area (Å²) >= 11 is 1.58. The van der Waals surface area contributed by atoms with Crippen molar-refractivity contribution in [2.45, 2.75) is 56.4 Å². The fraction of sp³-hybridized carbons (Fsp3) is 0.650. The molecule has 1 aromatic rings. The minimum absolute atomic E-state index is 0.0590. The molecule has 1 fully saturated rings. The maximum atomic E-state index is 12.8. The molecule has 1 aromatic carbocycles. The quantitative estimate of drug-likeness (QED) is 0.695. The zero-order chi connectivity index (χ0) is 20.2. The summed E-state index contributed by atoms with van der Waals surface area (Å²) in [5.74, 6) is 0.691. The number of nitrogens with zero attached hydrogens (tertiary/aromatic N) is 1. The Morgan fingerprint density at radius 3 is 2.04 bits per heavy atom. The van der Waals surface area contributed by atoms with E-state index in [-0.39, 0.29) is 17.9 Å². The maximum Gasteiger partial charge on any atom is 0.243 e. The molecule has 0 saturated carbocycles. The van der Waals surface area contributed by atoms with E-state index in [1.54, 1.807) is 23.9 Å². The lowest BCUT2D eigenvalue weighted by Crippen LogP contribution is -2.48. The van der Waals surface area contributed by atoms with Crippen molar-refractivity contribution in [1.29, 1.82) is 0 Å². The molecule has 2 rings (SSSR count). The molecule has 1 aliphatic rings. The average molecular weight is 413 g/mol. The van der Waals surface area contributed by atoms with Gasteiger partial charge in [0.25, 0.3) is 0 Å². The van der Waals surface area contributed by atoms with Crippen molar-refractivity contribution < 1.29 is 13.2 Å². The smallest absolute Gasteiger partial charge is 0.243 e. The van der Waals surface area contributed by atoms with Gasteiger partial charge in [0.05, 0.1) is 4.90 Å². The van der Waals surface area contributed by atoms with Crippen molar-refractivity contribution in [2.75, 3.05) is 19.3 Å². The first kappa shape index (κ1) is 22.2. The van der Waals surface area contributed by atoms with Crippen molar-refractivity contribution in [3.63, 3.8) is 0 Å². The van der Waals surface area contributed by atoms with Crippen molar-refractivity contribution in [3.05, 3.63) is 24.3 Å². The van der Waals surface area contributed by atoms with Gasteiger partial charge < -0.3 is 5.32 Å². The number of thioether (sulfide) groups is 1. The second kappa shape index (κ2) is 9.43. The summed E-state index contributed by atoms with van der Waals surface area (Å²) in [6.07, 6.45) is 3.09. The van der Waals surface area contributed by atoms with Crippen LogP contribution in [0.15, 0.2) is 34.1 Å². The first-order valence-electron chi connectivity index (χ1n) is 9.61.